The third-order valence-electron chi connectivity index (χ3n) is 3.52. The largest absolute Gasteiger partial charge is 0.497 e. The number of methoxy groups -OCH3 is 1. The first-order valence-corrected chi connectivity index (χ1v) is 7.34. The number of nitrogens with zero attached hydrogens (tertiary/aromatic N) is 1. The van der Waals surface area contributed by atoms with E-state index in [4.69, 9.17) is 4.74 Å². The van der Waals surface area contributed by atoms with Gasteiger partial charge in [0.2, 0.25) is 0 Å². The number of halogens is 1. The average Bonchev–Trinajstić information content (AvgIpc) is 2.83. The molecule has 0 N–H and O–H groups in total. The van der Waals surface area contributed by atoms with Crippen LogP contribution in [-0.4, -0.2) is 11.7 Å². The fourth-order valence-electron chi connectivity index (χ4n) is 2.44. The number of fused-ring (bicyclic) bond motifs is 1. The van der Waals surface area contributed by atoms with Gasteiger partial charge >= 0.3 is 0 Å². The molecule has 2 aromatic carbocycles. The van der Waals surface area contributed by atoms with E-state index in [0.29, 0.717) is 0 Å². The summed E-state index contributed by atoms with van der Waals surface area (Å²) in [7, 11) is 1.70. The Bertz CT molecular complexity index is 761. The molecule has 3 rings (SSSR count). The zero-order valence-electron chi connectivity index (χ0n) is 11.6. The van der Waals surface area contributed by atoms with E-state index in [1.807, 2.05) is 12.1 Å². The Morgan fingerprint density at radius 3 is 2.75 bits per heavy atom. The Morgan fingerprint density at radius 1 is 1.10 bits per heavy atom. The Hall–Kier alpha value is -1.74. The highest BCUT2D eigenvalue weighted by Crippen LogP contribution is 2.25. The molecular weight excluding hydrogens is 314 g/mol. The summed E-state index contributed by atoms with van der Waals surface area (Å²) in [6.45, 7) is 2.94. The van der Waals surface area contributed by atoms with Crippen LogP contribution in [0.5, 0.6) is 5.75 Å². The number of hydrogen-bond acceptors (Lipinski definition) is 1. The van der Waals surface area contributed by atoms with Gasteiger partial charge in [-0.1, -0.05) is 27.6 Å². The molecule has 0 radical (unpaired) electrons. The third kappa shape index (κ3) is 2.46. The van der Waals surface area contributed by atoms with Crippen molar-refractivity contribution in [3.8, 4) is 5.75 Å². The van der Waals surface area contributed by atoms with Crippen LogP contribution in [0.25, 0.3) is 10.9 Å². The summed E-state index contributed by atoms with van der Waals surface area (Å²) < 4.78 is 8.66. The maximum Gasteiger partial charge on any atom is 0.119 e. The standard InChI is InChI=1S/C17H16BrNO/c1-12-3-6-17-13(9-12)7-8-19(17)11-14-10-15(20-2)4-5-16(14)18/h3-10H,11H2,1-2H3. The molecule has 0 amide bonds. The summed E-state index contributed by atoms with van der Waals surface area (Å²) in [5.74, 6) is 0.885. The Morgan fingerprint density at radius 2 is 1.95 bits per heavy atom. The lowest BCUT2D eigenvalue weighted by Gasteiger charge is -2.10. The van der Waals surface area contributed by atoms with E-state index in [0.717, 1.165) is 16.8 Å². The van der Waals surface area contributed by atoms with Crippen LogP contribution in [-0.2, 0) is 6.54 Å². The minimum atomic E-state index is 0.824. The van der Waals surface area contributed by atoms with Crippen molar-refractivity contribution in [2.75, 3.05) is 7.11 Å². The molecule has 0 aliphatic rings. The molecular formula is C17H16BrNO. The first-order valence-electron chi connectivity index (χ1n) is 6.55. The van der Waals surface area contributed by atoms with E-state index < -0.39 is 0 Å². The molecule has 3 aromatic rings. The van der Waals surface area contributed by atoms with Gasteiger partial charge in [0.1, 0.15) is 5.75 Å². The predicted octanol–water partition coefficient (Wildman–Crippen LogP) is 4.77. The molecule has 1 heterocycles. The Balaban J connectivity index is 2.01. The first-order chi connectivity index (χ1) is 9.67. The molecule has 0 saturated carbocycles. The summed E-state index contributed by atoms with van der Waals surface area (Å²) in [5, 5.41) is 1.28. The van der Waals surface area contributed by atoms with Crippen molar-refractivity contribution in [3.63, 3.8) is 0 Å². The highest BCUT2D eigenvalue weighted by Gasteiger charge is 2.06. The van der Waals surface area contributed by atoms with Crippen LogP contribution in [0, 0.1) is 6.92 Å². The topological polar surface area (TPSA) is 14.2 Å². The second kappa shape index (κ2) is 5.33. The molecule has 0 bridgehead atoms. The SMILES string of the molecule is COc1ccc(Br)c(Cn2ccc3cc(C)ccc32)c1. The van der Waals surface area contributed by atoms with Crippen molar-refractivity contribution in [1.29, 1.82) is 0 Å². The quantitative estimate of drug-likeness (QED) is 0.675. The molecule has 3 heteroatoms. The van der Waals surface area contributed by atoms with Crippen molar-refractivity contribution in [2.24, 2.45) is 0 Å². The lowest BCUT2D eigenvalue weighted by Crippen LogP contribution is -1.99. The van der Waals surface area contributed by atoms with Gasteiger partial charge in [0.25, 0.3) is 0 Å². The van der Waals surface area contributed by atoms with E-state index in [-0.39, 0.29) is 0 Å². The molecule has 2 nitrogen and oxygen atoms in total. The third-order valence-corrected chi connectivity index (χ3v) is 4.29. The molecule has 0 unspecified atom stereocenters. The van der Waals surface area contributed by atoms with Crippen LogP contribution >= 0.6 is 15.9 Å². The lowest BCUT2D eigenvalue weighted by molar-refractivity contribution is 0.414. The molecule has 0 spiro atoms. The van der Waals surface area contributed by atoms with E-state index in [2.05, 4.69) is 63.9 Å². The zero-order valence-corrected chi connectivity index (χ0v) is 13.1. The van der Waals surface area contributed by atoms with Crippen molar-refractivity contribution < 1.29 is 4.74 Å². The minimum absolute atomic E-state index is 0.824. The van der Waals surface area contributed by atoms with Crippen LogP contribution in [0.15, 0.2) is 53.1 Å². The van der Waals surface area contributed by atoms with Gasteiger partial charge in [0, 0.05) is 22.7 Å². The second-order valence-electron chi connectivity index (χ2n) is 4.96. The molecule has 0 atom stereocenters. The second-order valence-corrected chi connectivity index (χ2v) is 5.82. The molecule has 0 fully saturated rings. The summed E-state index contributed by atoms with van der Waals surface area (Å²) in [4.78, 5) is 0. The number of ether oxygens (including phenoxy) is 1. The predicted molar refractivity (Wildman–Crippen MR) is 86.5 cm³/mol. The van der Waals surface area contributed by atoms with Gasteiger partial charge in [0.05, 0.1) is 7.11 Å². The number of hydrogen-bond donors (Lipinski definition) is 0. The van der Waals surface area contributed by atoms with Gasteiger partial charge in [-0.2, -0.15) is 0 Å². The smallest absolute Gasteiger partial charge is 0.119 e. The van der Waals surface area contributed by atoms with Gasteiger partial charge in [-0.3, -0.25) is 0 Å². The van der Waals surface area contributed by atoms with E-state index >= 15 is 0 Å². The molecule has 0 saturated heterocycles. The fraction of sp³-hybridized carbons (Fsp3) is 0.176. The number of rotatable bonds is 3. The van der Waals surface area contributed by atoms with Gasteiger partial charge in [-0.05, 0) is 54.3 Å². The molecule has 0 aliphatic heterocycles. The lowest BCUT2D eigenvalue weighted by atomic mass is 10.2. The van der Waals surface area contributed by atoms with Gasteiger partial charge in [-0.15, -0.1) is 0 Å². The van der Waals surface area contributed by atoms with Crippen molar-refractivity contribution in [3.05, 3.63) is 64.3 Å². The Labute approximate surface area is 127 Å². The summed E-state index contributed by atoms with van der Waals surface area (Å²) >= 11 is 3.61. The van der Waals surface area contributed by atoms with Crippen molar-refractivity contribution in [1.82, 2.24) is 4.57 Å². The maximum absolute atomic E-state index is 5.30. The van der Waals surface area contributed by atoms with E-state index in [1.54, 1.807) is 7.11 Å². The summed E-state index contributed by atoms with van der Waals surface area (Å²) in [6.07, 6.45) is 2.13. The normalized spacial score (nSPS) is 10.9. The molecule has 20 heavy (non-hydrogen) atoms. The van der Waals surface area contributed by atoms with E-state index in [9.17, 15) is 0 Å². The van der Waals surface area contributed by atoms with Crippen molar-refractivity contribution in [2.45, 2.75) is 13.5 Å². The van der Waals surface area contributed by atoms with Crippen LogP contribution in [0.1, 0.15) is 11.1 Å². The molecule has 0 aliphatic carbocycles. The minimum Gasteiger partial charge on any atom is -0.497 e. The van der Waals surface area contributed by atoms with Gasteiger partial charge < -0.3 is 9.30 Å². The van der Waals surface area contributed by atoms with Crippen LogP contribution < -0.4 is 4.74 Å². The maximum atomic E-state index is 5.30. The molecule has 1 aromatic heterocycles. The Kier molecular flexibility index (Phi) is 3.53. The van der Waals surface area contributed by atoms with Gasteiger partial charge in [-0.25, -0.2) is 0 Å². The van der Waals surface area contributed by atoms with Crippen LogP contribution in [0.3, 0.4) is 0 Å². The highest BCUT2D eigenvalue weighted by molar-refractivity contribution is 9.10. The van der Waals surface area contributed by atoms with E-state index in [1.165, 1.54) is 22.0 Å². The number of aromatic nitrogens is 1. The zero-order chi connectivity index (χ0) is 14.1. The molecule has 102 valence electrons. The number of benzene rings is 2. The van der Waals surface area contributed by atoms with Crippen molar-refractivity contribution >= 4 is 26.8 Å². The van der Waals surface area contributed by atoms with Gasteiger partial charge in [0.15, 0.2) is 0 Å². The van der Waals surface area contributed by atoms with Crippen LogP contribution in [0.4, 0.5) is 0 Å². The first kappa shape index (κ1) is 13.3. The summed E-state index contributed by atoms with van der Waals surface area (Å²) in [6, 6.07) is 14.8. The highest BCUT2D eigenvalue weighted by atomic mass is 79.9. The fourth-order valence-corrected chi connectivity index (χ4v) is 2.81. The summed E-state index contributed by atoms with van der Waals surface area (Å²) in [5.41, 5.74) is 3.76. The average molecular weight is 330 g/mol. The number of aryl methyl sites for hydroxylation is 1. The monoisotopic (exact) mass is 329 g/mol. The van der Waals surface area contributed by atoms with Crippen LogP contribution in [0.2, 0.25) is 0 Å².